The Kier molecular flexibility index (Phi) is 8.43. The quantitative estimate of drug-likeness (QED) is 0.478. The summed E-state index contributed by atoms with van der Waals surface area (Å²) in [6.07, 6.45) is 8.29. The third-order valence-electron chi connectivity index (χ3n) is 6.65. The first-order chi connectivity index (χ1) is 15.6. The average Bonchev–Trinajstić information content (AvgIpc) is 3.37. The maximum Gasteiger partial charge on any atom is 0.220 e. The summed E-state index contributed by atoms with van der Waals surface area (Å²) in [5.74, 6) is 1.10. The monoisotopic (exact) mass is 455 g/mol. The number of amides is 1. The highest BCUT2D eigenvalue weighted by atomic mass is 16.5. The molecule has 0 aliphatic heterocycles. The number of hydrogen-bond acceptors (Lipinski definition) is 5. The van der Waals surface area contributed by atoms with Crippen molar-refractivity contribution in [2.24, 2.45) is 10.8 Å². The van der Waals surface area contributed by atoms with Gasteiger partial charge in [-0.15, -0.1) is 0 Å². The largest absolute Gasteiger partial charge is 0.380 e. The Morgan fingerprint density at radius 2 is 1.94 bits per heavy atom. The zero-order valence-corrected chi connectivity index (χ0v) is 21.4. The fourth-order valence-electron chi connectivity index (χ4n) is 4.37. The predicted molar refractivity (Wildman–Crippen MR) is 137 cm³/mol. The van der Waals surface area contributed by atoms with E-state index in [0.717, 1.165) is 62.2 Å². The van der Waals surface area contributed by atoms with Crippen molar-refractivity contribution >= 4 is 25.2 Å². The van der Waals surface area contributed by atoms with E-state index in [1.165, 1.54) is 0 Å². The number of carbonyl (C=O) groups excluding carboxylic acids is 1. The van der Waals surface area contributed by atoms with E-state index in [9.17, 15) is 4.79 Å². The summed E-state index contributed by atoms with van der Waals surface area (Å²) >= 11 is 0. The van der Waals surface area contributed by atoms with E-state index in [-0.39, 0.29) is 22.8 Å². The third kappa shape index (κ3) is 7.46. The molecule has 0 spiro atoms. The lowest BCUT2D eigenvalue weighted by Gasteiger charge is -2.28. The van der Waals surface area contributed by atoms with E-state index in [0.29, 0.717) is 19.1 Å². The number of ether oxygens (including phenoxy) is 1. The molecule has 182 valence electrons. The number of nitrogens with one attached hydrogen (secondary N) is 2. The third-order valence-corrected chi connectivity index (χ3v) is 6.65. The van der Waals surface area contributed by atoms with Gasteiger partial charge < -0.3 is 15.4 Å². The topological polar surface area (TPSA) is 80.5 Å². The summed E-state index contributed by atoms with van der Waals surface area (Å²) in [5.41, 5.74) is 1.96. The molecule has 2 aromatic heterocycles. The minimum atomic E-state index is -0.178. The molecule has 3 rings (SSSR count). The van der Waals surface area contributed by atoms with Gasteiger partial charge in [-0.2, -0.15) is 9.61 Å². The molecule has 1 fully saturated rings. The molecule has 0 aromatic carbocycles. The van der Waals surface area contributed by atoms with Gasteiger partial charge in [-0.25, -0.2) is 4.98 Å². The molecule has 2 aromatic rings. The van der Waals surface area contributed by atoms with Crippen LogP contribution in [0.4, 0.5) is 5.82 Å². The van der Waals surface area contributed by atoms with Crippen LogP contribution in [0.25, 0.3) is 5.65 Å². The minimum absolute atomic E-state index is 0.118. The van der Waals surface area contributed by atoms with Crippen molar-refractivity contribution in [3.05, 3.63) is 24.0 Å². The van der Waals surface area contributed by atoms with Gasteiger partial charge in [0.2, 0.25) is 5.91 Å². The number of carbonyl (C=O) groups is 1. The van der Waals surface area contributed by atoms with E-state index < -0.39 is 0 Å². The number of anilines is 1. The second-order valence-electron chi connectivity index (χ2n) is 11.3. The van der Waals surface area contributed by atoms with Crippen molar-refractivity contribution < 1.29 is 9.53 Å². The molecule has 8 heteroatoms. The van der Waals surface area contributed by atoms with Crippen molar-refractivity contribution in [2.75, 3.05) is 18.5 Å². The fourth-order valence-corrected chi connectivity index (χ4v) is 4.37. The zero-order valence-electron chi connectivity index (χ0n) is 21.4. The second kappa shape index (κ2) is 10.9. The molecule has 0 bridgehead atoms. The van der Waals surface area contributed by atoms with Gasteiger partial charge in [-0.1, -0.05) is 47.4 Å². The van der Waals surface area contributed by atoms with Crippen LogP contribution < -0.4 is 10.6 Å². The highest BCUT2D eigenvalue weighted by molar-refractivity contribution is 6.08. The van der Waals surface area contributed by atoms with Crippen LogP contribution in [0.2, 0.25) is 6.32 Å². The summed E-state index contributed by atoms with van der Waals surface area (Å²) < 4.78 is 7.83. The number of hydrogen-bond donors (Lipinski definition) is 2. The van der Waals surface area contributed by atoms with Gasteiger partial charge in [0.1, 0.15) is 13.7 Å². The predicted octanol–water partition coefficient (Wildman–Crippen LogP) is 3.64. The van der Waals surface area contributed by atoms with Crippen molar-refractivity contribution in [2.45, 2.75) is 91.5 Å². The molecular weight excluding hydrogens is 413 g/mol. The van der Waals surface area contributed by atoms with E-state index in [4.69, 9.17) is 4.74 Å². The van der Waals surface area contributed by atoms with Crippen molar-refractivity contribution in [1.29, 1.82) is 0 Å². The van der Waals surface area contributed by atoms with Gasteiger partial charge in [-0.3, -0.25) is 4.79 Å². The fraction of sp³-hybridized carbons (Fsp3) is 0.720. The van der Waals surface area contributed by atoms with Crippen molar-refractivity contribution in [3.63, 3.8) is 0 Å². The van der Waals surface area contributed by atoms with Crippen LogP contribution in [0.15, 0.2) is 18.3 Å². The van der Waals surface area contributed by atoms with Crippen LogP contribution in [0.1, 0.15) is 72.4 Å². The van der Waals surface area contributed by atoms with E-state index in [1.807, 2.05) is 10.6 Å². The summed E-state index contributed by atoms with van der Waals surface area (Å²) in [6.45, 7) is 12.1. The Labute approximate surface area is 199 Å². The molecule has 1 aliphatic carbocycles. The van der Waals surface area contributed by atoms with Crippen LogP contribution >= 0.6 is 0 Å². The Hall–Kier alpha value is -2.09. The van der Waals surface area contributed by atoms with Gasteiger partial charge >= 0.3 is 0 Å². The molecule has 1 aliphatic rings. The van der Waals surface area contributed by atoms with E-state index >= 15 is 0 Å². The Morgan fingerprint density at radius 3 is 2.67 bits per heavy atom. The summed E-state index contributed by atoms with van der Waals surface area (Å²) in [7, 11) is 2.18. The summed E-state index contributed by atoms with van der Waals surface area (Å²) in [4.78, 5) is 17.4. The van der Waals surface area contributed by atoms with Gasteiger partial charge in [0, 0.05) is 36.3 Å². The average molecular weight is 455 g/mol. The smallest absolute Gasteiger partial charge is 0.220 e. The minimum Gasteiger partial charge on any atom is -0.380 e. The van der Waals surface area contributed by atoms with Gasteiger partial charge in [0.05, 0.1) is 19.4 Å². The van der Waals surface area contributed by atoms with Gasteiger partial charge in [-0.05, 0) is 36.5 Å². The molecule has 33 heavy (non-hydrogen) atoms. The standard InChI is InChI=1S/C25H42BN5O2/c1-6-7-18-13-22(31-21(28-18)10-11-27-31)29-19-8-9-20(12-19)30-23(32)14-24(2,3)16-33-17-25(4,5)15-26/h10-11,13,19-20,29H,6-9,12,14-17,26H2,1-5H3,(H,30,32)/t19-,20-/m1/s1. The number of rotatable bonds is 12. The Morgan fingerprint density at radius 1 is 1.21 bits per heavy atom. The first kappa shape index (κ1) is 25.5. The lowest BCUT2D eigenvalue weighted by atomic mass is 9.80. The molecule has 0 unspecified atom stereocenters. The second-order valence-corrected chi connectivity index (χ2v) is 11.3. The number of fused-ring (bicyclic) bond motifs is 1. The van der Waals surface area contributed by atoms with Crippen molar-refractivity contribution in [1.82, 2.24) is 19.9 Å². The number of aryl methyl sites for hydroxylation is 1. The van der Waals surface area contributed by atoms with Gasteiger partial charge in [0.15, 0.2) is 5.65 Å². The highest BCUT2D eigenvalue weighted by Crippen LogP contribution is 2.27. The Balaban J connectivity index is 1.49. The molecule has 2 atom stereocenters. The summed E-state index contributed by atoms with van der Waals surface area (Å²) in [6, 6.07) is 4.57. The molecular formula is C25H42BN5O2. The summed E-state index contributed by atoms with van der Waals surface area (Å²) in [5, 5.41) is 11.3. The lowest BCUT2D eigenvalue weighted by molar-refractivity contribution is -0.124. The highest BCUT2D eigenvalue weighted by Gasteiger charge is 2.29. The van der Waals surface area contributed by atoms with E-state index in [1.54, 1.807) is 6.20 Å². The molecule has 0 radical (unpaired) electrons. The molecule has 1 saturated carbocycles. The Bertz CT molecular complexity index is 927. The molecule has 2 heterocycles. The van der Waals surface area contributed by atoms with Crippen molar-refractivity contribution in [3.8, 4) is 0 Å². The van der Waals surface area contributed by atoms with Crippen LogP contribution in [0.3, 0.4) is 0 Å². The molecule has 1 amide bonds. The normalized spacial score (nSPS) is 19.2. The van der Waals surface area contributed by atoms with Crippen LogP contribution in [-0.2, 0) is 16.0 Å². The maximum absolute atomic E-state index is 12.7. The van der Waals surface area contributed by atoms with E-state index in [2.05, 4.69) is 69.2 Å². The van der Waals surface area contributed by atoms with Crippen LogP contribution in [0.5, 0.6) is 0 Å². The first-order valence-corrected chi connectivity index (χ1v) is 12.6. The van der Waals surface area contributed by atoms with Gasteiger partial charge in [0.25, 0.3) is 0 Å². The SMILES string of the molecule is BCC(C)(C)COCC(C)(C)CC(=O)N[C@@H]1CC[C@@H](Nc2cc(CCC)nc3ccnn23)C1. The lowest BCUT2D eigenvalue weighted by Crippen LogP contribution is -2.37. The molecule has 0 saturated heterocycles. The van der Waals surface area contributed by atoms with Crippen LogP contribution in [-0.4, -0.2) is 53.6 Å². The maximum atomic E-state index is 12.7. The number of nitrogens with zero attached hydrogens (tertiary/aromatic N) is 3. The zero-order chi connectivity index (χ0) is 24.1. The molecule has 7 nitrogen and oxygen atoms in total. The molecule has 2 N–H and O–H groups in total. The number of aromatic nitrogens is 3. The first-order valence-electron chi connectivity index (χ1n) is 12.6. The van der Waals surface area contributed by atoms with Crippen LogP contribution in [0, 0.1) is 10.8 Å².